The van der Waals surface area contributed by atoms with Crippen LogP contribution in [-0.2, 0) is 0 Å². The van der Waals surface area contributed by atoms with Gasteiger partial charge in [0.25, 0.3) is 5.91 Å². The number of benzene rings is 1. The fourth-order valence-corrected chi connectivity index (χ4v) is 2.51. The van der Waals surface area contributed by atoms with Gasteiger partial charge in [0.15, 0.2) is 0 Å². The molecule has 0 atom stereocenters. The Morgan fingerprint density at radius 1 is 1.58 bits per heavy atom. The molecule has 1 aromatic carbocycles. The summed E-state index contributed by atoms with van der Waals surface area (Å²) in [5.74, 6) is 3.14. The summed E-state index contributed by atoms with van der Waals surface area (Å²) in [5, 5.41) is 0. The third kappa shape index (κ3) is 3.30. The first-order chi connectivity index (χ1) is 9.02. The van der Waals surface area contributed by atoms with Crippen molar-refractivity contribution < 1.29 is 4.79 Å². The molecule has 1 fully saturated rings. The van der Waals surface area contributed by atoms with E-state index in [9.17, 15) is 4.79 Å². The minimum Gasteiger partial charge on any atom is -0.398 e. The Morgan fingerprint density at radius 2 is 2.26 bits per heavy atom. The standard InChI is InChI=1S/C15H17BrN2O/c1-3-6-18(9-11-4-5-11)15(19)13-7-12(16)8-14(17)10(13)2/h1,7-8,11H,4-6,9,17H2,2H3. The number of nitrogens with two attached hydrogens (primary N) is 1. The summed E-state index contributed by atoms with van der Waals surface area (Å²) in [7, 11) is 0. The number of terminal acetylenes is 1. The van der Waals surface area contributed by atoms with Crippen LogP contribution in [0.2, 0.25) is 0 Å². The predicted molar refractivity (Wildman–Crippen MR) is 80.8 cm³/mol. The van der Waals surface area contributed by atoms with E-state index in [4.69, 9.17) is 12.2 Å². The smallest absolute Gasteiger partial charge is 0.255 e. The number of hydrogen-bond donors (Lipinski definition) is 1. The van der Waals surface area contributed by atoms with Crippen molar-refractivity contribution in [1.29, 1.82) is 0 Å². The van der Waals surface area contributed by atoms with E-state index < -0.39 is 0 Å². The summed E-state index contributed by atoms with van der Waals surface area (Å²) >= 11 is 3.38. The maximum absolute atomic E-state index is 12.6. The van der Waals surface area contributed by atoms with Gasteiger partial charge in [-0.25, -0.2) is 0 Å². The van der Waals surface area contributed by atoms with Gasteiger partial charge in [-0.1, -0.05) is 21.9 Å². The second-order valence-electron chi connectivity index (χ2n) is 5.00. The lowest BCUT2D eigenvalue weighted by Gasteiger charge is -2.21. The topological polar surface area (TPSA) is 46.3 Å². The molecule has 0 bridgehead atoms. The molecule has 19 heavy (non-hydrogen) atoms. The first-order valence-corrected chi connectivity index (χ1v) is 7.10. The first-order valence-electron chi connectivity index (χ1n) is 6.31. The summed E-state index contributed by atoms with van der Waals surface area (Å²) < 4.78 is 0.811. The molecule has 2 N–H and O–H groups in total. The molecule has 0 aliphatic heterocycles. The van der Waals surface area contributed by atoms with Crippen molar-refractivity contribution in [3.8, 4) is 12.3 Å². The average Bonchev–Trinajstić information content (AvgIpc) is 3.16. The van der Waals surface area contributed by atoms with Crippen LogP contribution in [0.25, 0.3) is 0 Å². The molecule has 1 aliphatic carbocycles. The van der Waals surface area contributed by atoms with Crippen LogP contribution in [0.1, 0.15) is 28.8 Å². The van der Waals surface area contributed by atoms with Gasteiger partial charge in [0.05, 0.1) is 6.54 Å². The van der Waals surface area contributed by atoms with E-state index in [1.807, 2.05) is 13.0 Å². The molecule has 0 radical (unpaired) electrons. The number of carbonyl (C=O) groups excluding carboxylic acids is 1. The lowest BCUT2D eigenvalue weighted by atomic mass is 10.1. The zero-order valence-corrected chi connectivity index (χ0v) is 12.5. The normalized spacial score (nSPS) is 13.9. The van der Waals surface area contributed by atoms with Crippen LogP contribution in [0.15, 0.2) is 16.6 Å². The van der Waals surface area contributed by atoms with Crippen LogP contribution in [0.4, 0.5) is 5.69 Å². The van der Waals surface area contributed by atoms with Crippen LogP contribution in [-0.4, -0.2) is 23.9 Å². The highest BCUT2D eigenvalue weighted by molar-refractivity contribution is 9.10. The SMILES string of the molecule is C#CCN(CC1CC1)C(=O)c1cc(Br)cc(N)c1C. The molecular weight excluding hydrogens is 304 g/mol. The van der Waals surface area contributed by atoms with Crippen LogP contribution < -0.4 is 5.73 Å². The van der Waals surface area contributed by atoms with E-state index in [1.54, 1.807) is 11.0 Å². The van der Waals surface area contributed by atoms with Crippen LogP contribution in [0.3, 0.4) is 0 Å². The third-order valence-corrected chi connectivity index (χ3v) is 3.85. The molecule has 0 aromatic heterocycles. The zero-order valence-electron chi connectivity index (χ0n) is 10.9. The Morgan fingerprint density at radius 3 is 2.84 bits per heavy atom. The first kappa shape index (κ1) is 14.0. The number of amides is 1. The van der Waals surface area contributed by atoms with Crippen molar-refractivity contribution in [2.24, 2.45) is 5.92 Å². The number of carbonyl (C=O) groups is 1. The molecule has 100 valence electrons. The molecule has 0 saturated heterocycles. The number of hydrogen-bond acceptors (Lipinski definition) is 2. The van der Waals surface area contributed by atoms with Gasteiger partial charge in [0.2, 0.25) is 0 Å². The minimum atomic E-state index is -0.0321. The van der Waals surface area contributed by atoms with Gasteiger partial charge in [-0.05, 0) is 43.4 Å². The van der Waals surface area contributed by atoms with E-state index in [0.29, 0.717) is 23.7 Å². The summed E-state index contributed by atoms with van der Waals surface area (Å²) in [5.41, 5.74) is 7.96. The Bertz CT molecular complexity index is 544. The van der Waals surface area contributed by atoms with E-state index in [2.05, 4.69) is 21.9 Å². The molecule has 0 heterocycles. The largest absolute Gasteiger partial charge is 0.398 e. The Hall–Kier alpha value is -1.47. The van der Waals surface area contributed by atoms with E-state index in [-0.39, 0.29) is 5.91 Å². The molecule has 1 amide bonds. The Labute approximate surface area is 122 Å². The molecule has 2 rings (SSSR count). The molecule has 1 saturated carbocycles. The molecule has 1 aliphatic rings. The van der Waals surface area contributed by atoms with Crippen molar-refractivity contribution in [2.45, 2.75) is 19.8 Å². The van der Waals surface area contributed by atoms with Gasteiger partial charge in [-0.2, -0.15) is 0 Å². The lowest BCUT2D eigenvalue weighted by molar-refractivity contribution is 0.0769. The number of halogens is 1. The summed E-state index contributed by atoms with van der Waals surface area (Å²) in [4.78, 5) is 14.3. The molecule has 3 nitrogen and oxygen atoms in total. The molecule has 4 heteroatoms. The van der Waals surface area contributed by atoms with Crippen molar-refractivity contribution in [3.05, 3.63) is 27.7 Å². The second-order valence-corrected chi connectivity index (χ2v) is 5.92. The molecule has 0 unspecified atom stereocenters. The van der Waals surface area contributed by atoms with Crippen molar-refractivity contribution in [2.75, 3.05) is 18.8 Å². The highest BCUT2D eigenvalue weighted by Gasteiger charge is 2.27. The van der Waals surface area contributed by atoms with Gasteiger partial charge in [-0.15, -0.1) is 6.42 Å². The van der Waals surface area contributed by atoms with Gasteiger partial charge >= 0.3 is 0 Å². The number of nitrogen functional groups attached to an aromatic ring is 1. The highest BCUT2D eigenvalue weighted by Crippen LogP contribution is 2.31. The van der Waals surface area contributed by atoms with Gasteiger partial charge < -0.3 is 10.6 Å². The van der Waals surface area contributed by atoms with Crippen molar-refractivity contribution >= 4 is 27.5 Å². The highest BCUT2D eigenvalue weighted by atomic mass is 79.9. The summed E-state index contributed by atoms with van der Waals surface area (Å²) in [6.07, 6.45) is 7.74. The van der Waals surface area contributed by atoms with Crippen LogP contribution in [0, 0.1) is 25.2 Å². The zero-order chi connectivity index (χ0) is 14.0. The van der Waals surface area contributed by atoms with Gasteiger partial charge in [0.1, 0.15) is 0 Å². The Kier molecular flexibility index (Phi) is 4.16. The second kappa shape index (κ2) is 5.66. The van der Waals surface area contributed by atoms with Gasteiger partial charge in [-0.3, -0.25) is 4.79 Å². The van der Waals surface area contributed by atoms with E-state index in [0.717, 1.165) is 16.6 Å². The number of anilines is 1. The van der Waals surface area contributed by atoms with E-state index >= 15 is 0 Å². The minimum absolute atomic E-state index is 0.0321. The quantitative estimate of drug-likeness (QED) is 0.685. The van der Waals surface area contributed by atoms with Crippen LogP contribution in [0.5, 0.6) is 0 Å². The van der Waals surface area contributed by atoms with Crippen molar-refractivity contribution in [3.63, 3.8) is 0 Å². The monoisotopic (exact) mass is 320 g/mol. The van der Waals surface area contributed by atoms with Crippen molar-refractivity contribution in [1.82, 2.24) is 4.90 Å². The molecular formula is C15H17BrN2O. The maximum atomic E-state index is 12.6. The van der Waals surface area contributed by atoms with Crippen LogP contribution >= 0.6 is 15.9 Å². The fraction of sp³-hybridized carbons (Fsp3) is 0.400. The maximum Gasteiger partial charge on any atom is 0.255 e. The van der Waals surface area contributed by atoms with E-state index in [1.165, 1.54) is 12.8 Å². The number of rotatable bonds is 4. The number of nitrogens with zero attached hydrogens (tertiary/aromatic N) is 1. The summed E-state index contributed by atoms with van der Waals surface area (Å²) in [6, 6.07) is 3.61. The Balaban J connectivity index is 2.27. The molecule has 1 aromatic rings. The lowest BCUT2D eigenvalue weighted by Crippen LogP contribution is -2.33. The third-order valence-electron chi connectivity index (χ3n) is 3.39. The molecule has 0 spiro atoms. The predicted octanol–water partition coefficient (Wildman–Crippen LogP) is 2.83. The fourth-order valence-electron chi connectivity index (χ4n) is 2.03. The van der Waals surface area contributed by atoms with Gasteiger partial charge in [0, 0.05) is 22.3 Å². The average molecular weight is 321 g/mol. The summed E-state index contributed by atoms with van der Waals surface area (Å²) in [6.45, 7) is 2.95.